The third-order valence-electron chi connectivity index (χ3n) is 5.16. The van der Waals surface area contributed by atoms with Gasteiger partial charge in [-0.05, 0) is 62.9 Å². The van der Waals surface area contributed by atoms with Crippen molar-refractivity contribution in [2.45, 2.75) is 58.5 Å². The summed E-state index contributed by atoms with van der Waals surface area (Å²) in [6, 6.07) is 0. The molecule has 0 aromatic heterocycles. The summed E-state index contributed by atoms with van der Waals surface area (Å²) in [6.45, 7) is 10.6. The maximum atomic E-state index is 9.29. The van der Waals surface area contributed by atoms with Gasteiger partial charge in [0, 0.05) is 0 Å². The minimum absolute atomic E-state index is 0.385. The molecule has 2 nitrogen and oxygen atoms in total. The van der Waals surface area contributed by atoms with E-state index in [1.54, 1.807) is 0 Å². The quantitative estimate of drug-likeness (QED) is 0.439. The smallest absolute Gasteiger partial charge is 0.124 e. The van der Waals surface area contributed by atoms with Crippen LogP contribution in [-0.2, 0) is 4.89 Å². The second-order valence-corrected chi connectivity index (χ2v) is 6.26. The van der Waals surface area contributed by atoms with E-state index < -0.39 is 5.60 Å². The molecule has 0 amide bonds. The zero-order valence-electron chi connectivity index (χ0n) is 11.3. The molecule has 96 valence electrons. The molecular formula is C15H24O2. The van der Waals surface area contributed by atoms with Crippen molar-refractivity contribution >= 4 is 0 Å². The van der Waals surface area contributed by atoms with Crippen molar-refractivity contribution in [1.29, 1.82) is 0 Å². The predicted molar refractivity (Wildman–Crippen MR) is 69.7 cm³/mol. The second kappa shape index (κ2) is 4.25. The maximum Gasteiger partial charge on any atom is 0.124 e. The average molecular weight is 236 g/mol. The van der Waals surface area contributed by atoms with E-state index in [2.05, 4.69) is 26.5 Å². The van der Waals surface area contributed by atoms with Crippen LogP contribution in [0.3, 0.4) is 0 Å². The number of hydrogen-bond acceptors (Lipinski definition) is 2. The molecule has 2 aliphatic carbocycles. The van der Waals surface area contributed by atoms with Crippen molar-refractivity contribution in [2.24, 2.45) is 11.3 Å². The molecule has 0 aromatic carbocycles. The Morgan fingerprint density at radius 2 is 2.18 bits per heavy atom. The fourth-order valence-corrected chi connectivity index (χ4v) is 3.67. The molecular weight excluding hydrogens is 212 g/mol. The summed E-state index contributed by atoms with van der Waals surface area (Å²) in [4.78, 5) is 4.86. The van der Waals surface area contributed by atoms with Crippen LogP contribution in [0, 0.1) is 11.3 Å². The molecule has 0 unspecified atom stereocenters. The fourth-order valence-electron chi connectivity index (χ4n) is 3.67. The van der Waals surface area contributed by atoms with Crippen LogP contribution in [0.1, 0.15) is 52.9 Å². The Bertz CT molecular complexity index is 358. The second-order valence-electron chi connectivity index (χ2n) is 6.26. The molecule has 1 N–H and O–H groups in total. The maximum absolute atomic E-state index is 9.29. The van der Waals surface area contributed by atoms with E-state index in [1.807, 2.05) is 6.92 Å². The molecule has 2 rings (SSSR count). The molecule has 0 aliphatic heterocycles. The lowest BCUT2D eigenvalue weighted by Crippen LogP contribution is -2.47. The molecule has 0 saturated heterocycles. The van der Waals surface area contributed by atoms with Gasteiger partial charge in [-0.2, -0.15) is 0 Å². The summed E-state index contributed by atoms with van der Waals surface area (Å²) in [7, 11) is 0. The minimum Gasteiger partial charge on any atom is -0.251 e. The molecule has 2 heteroatoms. The molecule has 2 aliphatic rings. The van der Waals surface area contributed by atoms with Crippen molar-refractivity contribution in [3.05, 3.63) is 23.8 Å². The van der Waals surface area contributed by atoms with Gasteiger partial charge in [0.2, 0.25) is 0 Å². The fraction of sp³-hybridized carbons (Fsp3) is 0.733. The molecule has 0 heterocycles. The molecule has 0 aromatic rings. The van der Waals surface area contributed by atoms with Crippen LogP contribution < -0.4 is 0 Å². The van der Waals surface area contributed by atoms with Crippen molar-refractivity contribution in [3.63, 3.8) is 0 Å². The van der Waals surface area contributed by atoms with Crippen molar-refractivity contribution < 1.29 is 10.1 Å². The Hall–Kier alpha value is -0.600. The zero-order chi connectivity index (χ0) is 12.7. The van der Waals surface area contributed by atoms with Gasteiger partial charge in [0.15, 0.2) is 0 Å². The van der Waals surface area contributed by atoms with E-state index in [1.165, 1.54) is 18.4 Å². The van der Waals surface area contributed by atoms with Crippen LogP contribution >= 0.6 is 0 Å². The van der Waals surface area contributed by atoms with Gasteiger partial charge in [0.25, 0.3) is 0 Å². The van der Waals surface area contributed by atoms with E-state index in [9.17, 15) is 5.26 Å². The topological polar surface area (TPSA) is 29.5 Å². The first-order valence-corrected chi connectivity index (χ1v) is 6.59. The third-order valence-corrected chi connectivity index (χ3v) is 5.16. The lowest BCUT2D eigenvalue weighted by molar-refractivity contribution is -0.324. The molecule has 17 heavy (non-hydrogen) atoms. The van der Waals surface area contributed by atoms with Crippen LogP contribution in [0.4, 0.5) is 0 Å². The molecule has 1 saturated carbocycles. The molecule has 1 fully saturated rings. The Kier molecular flexibility index (Phi) is 3.21. The first-order chi connectivity index (χ1) is 7.93. The summed E-state index contributed by atoms with van der Waals surface area (Å²) in [6.07, 6.45) is 7.66. The highest BCUT2D eigenvalue weighted by molar-refractivity contribution is 5.22. The molecule has 0 spiro atoms. The number of allylic oxidation sites excluding steroid dienone is 2. The lowest BCUT2D eigenvalue weighted by atomic mass is 9.56. The van der Waals surface area contributed by atoms with E-state index in [0.29, 0.717) is 11.3 Å². The van der Waals surface area contributed by atoms with Gasteiger partial charge < -0.3 is 0 Å². The summed E-state index contributed by atoms with van der Waals surface area (Å²) in [5.41, 5.74) is 2.27. The summed E-state index contributed by atoms with van der Waals surface area (Å²) in [5, 5.41) is 9.29. The van der Waals surface area contributed by atoms with Crippen LogP contribution in [0.25, 0.3) is 0 Å². The monoisotopic (exact) mass is 236 g/mol. The standard InChI is InChI=1S/C15H24O2/c1-11(2)15(17-16)9-8-14(4)7-5-6-12(3)13(14)10-15/h6,13,16H,1,5,7-10H2,2-4H3/t13-,14+,15+/m0/s1. The van der Waals surface area contributed by atoms with E-state index in [-0.39, 0.29) is 0 Å². The van der Waals surface area contributed by atoms with Gasteiger partial charge in [0.1, 0.15) is 5.60 Å². The normalized spacial score (nSPS) is 41.6. The highest BCUT2D eigenvalue weighted by Gasteiger charge is 2.49. The Morgan fingerprint density at radius 3 is 2.76 bits per heavy atom. The molecule has 3 atom stereocenters. The van der Waals surface area contributed by atoms with Crippen LogP contribution in [0.15, 0.2) is 23.8 Å². The Balaban J connectivity index is 2.30. The van der Waals surface area contributed by atoms with Gasteiger partial charge in [-0.25, -0.2) is 4.89 Å². The van der Waals surface area contributed by atoms with Gasteiger partial charge in [-0.3, -0.25) is 5.26 Å². The van der Waals surface area contributed by atoms with Gasteiger partial charge in [0.05, 0.1) is 0 Å². The first kappa shape index (κ1) is 12.8. The average Bonchev–Trinajstić information content (AvgIpc) is 2.29. The minimum atomic E-state index is -0.517. The van der Waals surface area contributed by atoms with Gasteiger partial charge >= 0.3 is 0 Å². The van der Waals surface area contributed by atoms with Crippen LogP contribution in [-0.4, -0.2) is 10.9 Å². The SMILES string of the molecule is C=C(C)[C@@]1(OO)CC[C@@]2(C)CCC=C(C)[C@@H]2C1. The van der Waals surface area contributed by atoms with Gasteiger partial charge in [-0.1, -0.05) is 25.2 Å². The lowest BCUT2D eigenvalue weighted by Gasteiger charge is -2.51. The van der Waals surface area contributed by atoms with Crippen molar-refractivity contribution in [1.82, 2.24) is 0 Å². The number of hydrogen-bond donors (Lipinski definition) is 1. The molecule has 0 bridgehead atoms. The van der Waals surface area contributed by atoms with Crippen molar-refractivity contribution in [2.75, 3.05) is 0 Å². The number of fused-ring (bicyclic) bond motifs is 1. The van der Waals surface area contributed by atoms with Crippen LogP contribution in [0.5, 0.6) is 0 Å². The summed E-state index contributed by atoms with van der Waals surface area (Å²) >= 11 is 0. The largest absolute Gasteiger partial charge is 0.251 e. The third kappa shape index (κ3) is 1.98. The van der Waals surface area contributed by atoms with E-state index in [4.69, 9.17) is 4.89 Å². The summed E-state index contributed by atoms with van der Waals surface area (Å²) < 4.78 is 0. The zero-order valence-corrected chi connectivity index (χ0v) is 11.3. The van der Waals surface area contributed by atoms with Crippen molar-refractivity contribution in [3.8, 4) is 0 Å². The highest BCUT2D eigenvalue weighted by atomic mass is 17.1. The van der Waals surface area contributed by atoms with Gasteiger partial charge in [-0.15, -0.1) is 0 Å². The van der Waals surface area contributed by atoms with E-state index in [0.717, 1.165) is 24.8 Å². The number of rotatable bonds is 2. The Morgan fingerprint density at radius 1 is 1.47 bits per heavy atom. The highest BCUT2D eigenvalue weighted by Crippen LogP contribution is 2.55. The molecule has 0 radical (unpaired) electrons. The summed E-state index contributed by atoms with van der Waals surface area (Å²) in [5.74, 6) is 0.522. The first-order valence-electron chi connectivity index (χ1n) is 6.59. The van der Waals surface area contributed by atoms with E-state index >= 15 is 0 Å². The Labute approximate surface area is 104 Å². The predicted octanol–water partition coefficient (Wildman–Crippen LogP) is 4.34. The van der Waals surface area contributed by atoms with Crippen LogP contribution in [0.2, 0.25) is 0 Å².